The smallest absolute Gasteiger partial charge is 0.294 e. The van der Waals surface area contributed by atoms with Crippen molar-refractivity contribution in [2.24, 2.45) is 0 Å². The average Bonchev–Trinajstić information content (AvgIpc) is 3.09. The third-order valence-corrected chi connectivity index (χ3v) is 4.46. The van der Waals surface area contributed by atoms with Crippen LogP contribution in [0.1, 0.15) is 21.7 Å². The van der Waals surface area contributed by atoms with Gasteiger partial charge in [0.2, 0.25) is 0 Å². The van der Waals surface area contributed by atoms with E-state index in [1.165, 1.54) is 5.56 Å². The van der Waals surface area contributed by atoms with Gasteiger partial charge in [-0.2, -0.15) is 0 Å². The first-order valence-electron chi connectivity index (χ1n) is 7.23. The van der Waals surface area contributed by atoms with Crippen LogP contribution in [0.5, 0.6) is 0 Å². The number of hydrogen-bond acceptors (Lipinski definition) is 2. The molecule has 0 atom stereocenters. The first-order chi connectivity index (χ1) is 10.6. The molecular formula is C18H14ClNO2. The minimum Gasteiger partial charge on any atom is -0.451 e. The zero-order valence-corrected chi connectivity index (χ0v) is 12.9. The van der Waals surface area contributed by atoms with Gasteiger partial charge in [0, 0.05) is 28.2 Å². The van der Waals surface area contributed by atoms with E-state index in [1.54, 1.807) is 17.0 Å². The van der Waals surface area contributed by atoms with Crippen LogP contribution in [0.2, 0.25) is 5.02 Å². The zero-order chi connectivity index (χ0) is 15.3. The molecule has 1 aliphatic rings. The van der Waals surface area contributed by atoms with E-state index in [0.29, 0.717) is 22.9 Å². The highest BCUT2D eigenvalue weighted by molar-refractivity contribution is 6.31. The molecule has 2 aromatic carbocycles. The largest absolute Gasteiger partial charge is 0.451 e. The van der Waals surface area contributed by atoms with Gasteiger partial charge in [-0.3, -0.25) is 4.79 Å². The molecule has 0 saturated heterocycles. The van der Waals surface area contributed by atoms with E-state index in [1.807, 2.05) is 31.2 Å². The summed E-state index contributed by atoms with van der Waals surface area (Å²) in [4.78, 5) is 14.7. The topological polar surface area (TPSA) is 33.5 Å². The van der Waals surface area contributed by atoms with Crippen LogP contribution in [-0.4, -0.2) is 12.5 Å². The first-order valence-corrected chi connectivity index (χ1v) is 7.61. The molecule has 0 aliphatic carbocycles. The number of rotatable bonds is 1. The summed E-state index contributed by atoms with van der Waals surface area (Å²) in [6, 6.07) is 13.4. The second kappa shape index (κ2) is 4.89. The van der Waals surface area contributed by atoms with Crippen LogP contribution in [0.3, 0.4) is 0 Å². The van der Waals surface area contributed by atoms with Crippen LogP contribution in [0, 0.1) is 6.92 Å². The lowest BCUT2D eigenvalue weighted by Crippen LogP contribution is -2.29. The fraction of sp³-hybridized carbons (Fsp3) is 0.167. The van der Waals surface area contributed by atoms with E-state index in [0.717, 1.165) is 23.1 Å². The number of halogens is 1. The summed E-state index contributed by atoms with van der Waals surface area (Å²) in [5.74, 6) is 0.309. The third-order valence-electron chi connectivity index (χ3n) is 4.22. The van der Waals surface area contributed by atoms with Crippen molar-refractivity contribution in [1.82, 2.24) is 0 Å². The minimum absolute atomic E-state index is 0.0882. The summed E-state index contributed by atoms with van der Waals surface area (Å²) < 4.78 is 5.79. The number of benzene rings is 2. The Morgan fingerprint density at radius 2 is 2.05 bits per heavy atom. The average molecular weight is 312 g/mol. The van der Waals surface area contributed by atoms with Crippen molar-refractivity contribution in [3.8, 4) is 0 Å². The van der Waals surface area contributed by atoms with Crippen LogP contribution >= 0.6 is 11.6 Å². The molecule has 1 aromatic heterocycles. The van der Waals surface area contributed by atoms with E-state index in [2.05, 4.69) is 6.07 Å². The second-order valence-electron chi connectivity index (χ2n) is 5.53. The predicted octanol–water partition coefficient (Wildman–Crippen LogP) is 4.60. The number of fused-ring (bicyclic) bond motifs is 2. The summed E-state index contributed by atoms with van der Waals surface area (Å²) in [7, 11) is 0. The summed E-state index contributed by atoms with van der Waals surface area (Å²) in [6.07, 6.45) is 0.882. The number of para-hydroxylation sites is 1. The van der Waals surface area contributed by atoms with Crippen LogP contribution in [0.4, 0.5) is 5.69 Å². The number of anilines is 1. The lowest BCUT2D eigenvalue weighted by molar-refractivity contribution is 0.0964. The molecule has 0 saturated carbocycles. The molecule has 22 heavy (non-hydrogen) atoms. The SMILES string of the molecule is Cc1c(C(=O)N2CCc3ccccc32)oc2ccc(Cl)cc12. The highest BCUT2D eigenvalue weighted by Crippen LogP contribution is 2.33. The van der Waals surface area contributed by atoms with Gasteiger partial charge in [-0.05, 0) is 43.2 Å². The predicted molar refractivity (Wildman–Crippen MR) is 87.8 cm³/mol. The van der Waals surface area contributed by atoms with Crippen molar-refractivity contribution in [3.05, 3.63) is 64.4 Å². The highest BCUT2D eigenvalue weighted by Gasteiger charge is 2.29. The molecule has 0 radical (unpaired) electrons. The molecule has 4 heteroatoms. The Bertz CT molecular complexity index is 897. The molecule has 0 bridgehead atoms. The molecule has 0 N–H and O–H groups in total. The van der Waals surface area contributed by atoms with Gasteiger partial charge in [-0.1, -0.05) is 29.8 Å². The van der Waals surface area contributed by atoms with Gasteiger partial charge >= 0.3 is 0 Å². The van der Waals surface area contributed by atoms with Gasteiger partial charge in [0.15, 0.2) is 5.76 Å². The van der Waals surface area contributed by atoms with Gasteiger partial charge in [0.05, 0.1) is 0 Å². The van der Waals surface area contributed by atoms with E-state index in [4.69, 9.17) is 16.0 Å². The van der Waals surface area contributed by atoms with Gasteiger partial charge in [-0.15, -0.1) is 0 Å². The standard InChI is InChI=1S/C18H14ClNO2/c1-11-14-10-13(19)6-7-16(14)22-17(11)18(21)20-9-8-12-4-2-3-5-15(12)20/h2-7,10H,8-9H2,1H3. The van der Waals surface area contributed by atoms with Crippen molar-refractivity contribution in [3.63, 3.8) is 0 Å². The van der Waals surface area contributed by atoms with E-state index in [-0.39, 0.29) is 5.91 Å². The summed E-state index contributed by atoms with van der Waals surface area (Å²) >= 11 is 6.04. The van der Waals surface area contributed by atoms with Crippen molar-refractivity contribution in [2.75, 3.05) is 11.4 Å². The lowest BCUT2D eigenvalue weighted by Gasteiger charge is -2.16. The second-order valence-corrected chi connectivity index (χ2v) is 5.97. The van der Waals surface area contributed by atoms with Gasteiger partial charge < -0.3 is 9.32 Å². The van der Waals surface area contributed by atoms with Crippen molar-refractivity contribution in [2.45, 2.75) is 13.3 Å². The van der Waals surface area contributed by atoms with E-state index >= 15 is 0 Å². The molecular weight excluding hydrogens is 298 g/mol. The van der Waals surface area contributed by atoms with Crippen molar-refractivity contribution in [1.29, 1.82) is 0 Å². The zero-order valence-electron chi connectivity index (χ0n) is 12.1. The Morgan fingerprint density at radius 3 is 2.91 bits per heavy atom. The number of aryl methyl sites for hydroxylation is 1. The van der Waals surface area contributed by atoms with E-state index in [9.17, 15) is 4.79 Å². The molecule has 4 rings (SSSR count). The Hall–Kier alpha value is -2.26. The normalized spacial score (nSPS) is 13.6. The molecule has 1 amide bonds. The molecule has 1 aliphatic heterocycles. The maximum Gasteiger partial charge on any atom is 0.294 e. The molecule has 2 heterocycles. The van der Waals surface area contributed by atoms with Crippen molar-refractivity contribution < 1.29 is 9.21 Å². The lowest BCUT2D eigenvalue weighted by atomic mass is 10.1. The van der Waals surface area contributed by atoms with Crippen LogP contribution in [-0.2, 0) is 6.42 Å². The van der Waals surface area contributed by atoms with E-state index < -0.39 is 0 Å². The quantitative estimate of drug-likeness (QED) is 0.658. The number of hydrogen-bond donors (Lipinski definition) is 0. The number of nitrogens with zero attached hydrogens (tertiary/aromatic N) is 1. The minimum atomic E-state index is -0.0882. The molecule has 0 unspecified atom stereocenters. The number of amides is 1. The maximum absolute atomic E-state index is 12.9. The van der Waals surface area contributed by atoms with Crippen molar-refractivity contribution >= 4 is 34.2 Å². The Balaban J connectivity index is 1.80. The maximum atomic E-state index is 12.9. The fourth-order valence-corrected chi connectivity index (χ4v) is 3.24. The Morgan fingerprint density at radius 1 is 1.23 bits per heavy atom. The van der Waals surface area contributed by atoms with Gasteiger partial charge in [0.25, 0.3) is 5.91 Å². The summed E-state index contributed by atoms with van der Waals surface area (Å²) in [5.41, 5.74) is 3.71. The molecule has 3 aromatic rings. The Kier molecular flexibility index (Phi) is 2.98. The highest BCUT2D eigenvalue weighted by atomic mass is 35.5. The van der Waals surface area contributed by atoms with Crippen LogP contribution in [0.15, 0.2) is 46.9 Å². The van der Waals surface area contributed by atoms with Gasteiger partial charge in [-0.25, -0.2) is 0 Å². The molecule has 3 nitrogen and oxygen atoms in total. The van der Waals surface area contributed by atoms with Crippen LogP contribution < -0.4 is 4.90 Å². The molecule has 0 spiro atoms. The fourth-order valence-electron chi connectivity index (χ4n) is 3.07. The first kappa shape index (κ1) is 13.4. The van der Waals surface area contributed by atoms with Crippen LogP contribution in [0.25, 0.3) is 11.0 Å². The Labute approximate surface area is 133 Å². The number of carbonyl (C=O) groups excluding carboxylic acids is 1. The van der Waals surface area contributed by atoms with Gasteiger partial charge in [0.1, 0.15) is 5.58 Å². The summed E-state index contributed by atoms with van der Waals surface area (Å²) in [6.45, 7) is 2.59. The monoisotopic (exact) mass is 311 g/mol. The summed E-state index contributed by atoms with van der Waals surface area (Å²) in [5, 5.41) is 1.53. The molecule has 110 valence electrons. The number of carbonyl (C=O) groups is 1. The molecule has 0 fully saturated rings. The third kappa shape index (κ3) is 1.93. The number of furan rings is 1.